The average molecular weight is 509 g/mol. The summed E-state index contributed by atoms with van der Waals surface area (Å²) in [5.41, 5.74) is 6.10. The molecule has 0 saturated carbocycles. The van der Waals surface area contributed by atoms with Gasteiger partial charge in [0.2, 0.25) is 0 Å². The molecule has 0 spiro atoms. The number of nitrogens with zero attached hydrogens (tertiary/aromatic N) is 4. The molecule has 0 radical (unpaired) electrons. The Bertz CT molecular complexity index is 1350. The molecule has 2 aliphatic rings. The third-order valence-corrected chi connectivity index (χ3v) is 10.2. The van der Waals surface area contributed by atoms with E-state index in [4.69, 9.17) is 0 Å². The fourth-order valence-electron chi connectivity index (χ4n) is 5.93. The molecular formula is C28H36N4O3S. The number of benzene rings is 2. The average Bonchev–Trinajstić information content (AvgIpc) is 3.19. The summed E-state index contributed by atoms with van der Waals surface area (Å²) in [6.07, 6.45) is 3.16. The van der Waals surface area contributed by atoms with E-state index in [2.05, 4.69) is 66.2 Å². The summed E-state index contributed by atoms with van der Waals surface area (Å²) in [5.74, 6) is 0.750. The van der Waals surface area contributed by atoms with Gasteiger partial charge in [0.1, 0.15) is 5.82 Å². The van der Waals surface area contributed by atoms with Crippen molar-refractivity contribution >= 4 is 10.0 Å². The Labute approximate surface area is 214 Å². The lowest BCUT2D eigenvalue weighted by Gasteiger charge is -2.57. The van der Waals surface area contributed by atoms with Crippen LogP contribution < -0.4 is 0 Å². The maximum absolute atomic E-state index is 13.6. The second-order valence-corrected chi connectivity index (χ2v) is 12.1. The van der Waals surface area contributed by atoms with Crippen LogP contribution >= 0.6 is 0 Å². The normalized spacial score (nSPS) is 23.5. The number of hydrogen-bond acceptors (Lipinski definition) is 5. The van der Waals surface area contributed by atoms with E-state index in [0.29, 0.717) is 18.9 Å². The van der Waals surface area contributed by atoms with E-state index in [1.165, 1.54) is 28.5 Å². The van der Waals surface area contributed by atoms with Crippen LogP contribution in [0.4, 0.5) is 0 Å². The van der Waals surface area contributed by atoms with Crippen molar-refractivity contribution in [2.24, 2.45) is 7.05 Å². The highest BCUT2D eigenvalue weighted by Gasteiger charge is 2.50. The van der Waals surface area contributed by atoms with Crippen molar-refractivity contribution in [2.45, 2.75) is 56.6 Å². The molecule has 2 aromatic carbocycles. The molecule has 1 aromatic heterocycles. The first-order valence-electron chi connectivity index (χ1n) is 12.8. The molecule has 1 unspecified atom stereocenters. The van der Waals surface area contributed by atoms with Crippen LogP contribution in [0.15, 0.2) is 53.7 Å². The molecule has 3 aromatic rings. The van der Waals surface area contributed by atoms with E-state index in [0.717, 1.165) is 24.9 Å². The van der Waals surface area contributed by atoms with Crippen LogP contribution in [0.3, 0.4) is 0 Å². The number of sulfonamides is 1. The third kappa shape index (κ3) is 4.20. The molecule has 0 aliphatic carbocycles. The second-order valence-electron chi connectivity index (χ2n) is 10.2. The molecule has 2 fully saturated rings. The maximum Gasteiger partial charge on any atom is 0.260 e. The van der Waals surface area contributed by atoms with Crippen molar-refractivity contribution in [1.29, 1.82) is 0 Å². The van der Waals surface area contributed by atoms with E-state index >= 15 is 0 Å². The van der Waals surface area contributed by atoms with Crippen LogP contribution in [0.5, 0.6) is 0 Å². The van der Waals surface area contributed by atoms with Gasteiger partial charge >= 0.3 is 0 Å². The third-order valence-electron chi connectivity index (χ3n) is 8.33. The van der Waals surface area contributed by atoms with Crippen molar-refractivity contribution in [3.8, 4) is 11.1 Å². The topological polar surface area (TPSA) is 78.7 Å². The summed E-state index contributed by atoms with van der Waals surface area (Å²) >= 11 is 0. The highest BCUT2D eigenvalue weighted by molar-refractivity contribution is 7.89. The minimum atomic E-state index is -3.67. The fourth-order valence-corrected chi connectivity index (χ4v) is 7.58. The van der Waals surface area contributed by atoms with E-state index in [-0.39, 0.29) is 29.6 Å². The molecule has 36 heavy (non-hydrogen) atoms. The largest absolute Gasteiger partial charge is 0.395 e. The standard InChI is InChI=1S/C28H36N4O3S/c1-19-8-7-9-24(20(19)2)22-10-12-23(13-11-22)28-25-17-31(14-5-6-15-32(25)26(28)18-33)36(34,35)27-16-29-21(3)30(27)4/h7-13,16,25-26,28,33H,5-6,14-15,17-18H2,1-4H3/t25?,26-,28+/m1/s1. The monoisotopic (exact) mass is 508 g/mol. The number of rotatable bonds is 5. The summed E-state index contributed by atoms with van der Waals surface area (Å²) < 4.78 is 30.5. The number of imidazole rings is 1. The van der Waals surface area contributed by atoms with Gasteiger partial charge in [-0.05, 0) is 68.0 Å². The van der Waals surface area contributed by atoms with E-state index in [1.807, 2.05) is 6.92 Å². The van der Waals surface area contributed by atoms with Crippen LogP contribution in [-0.4, -0.2) is 70.6 Å². The smallest absolute Gasteiger partial charge is 0.260 e. The van der Waals surface area contributed by atoms with Gasteiger partial charge in [0.15, 0.2) is 5.03 Å². The summed E-state index contributed by atoms with van der Waals surface area (Å²) in [6, 6.07) is 15.0. The molecule has 5 rings (SSSR count). The quantitative estimate of drug-likeness (QED) is 0.570. The summed E-state index contributed by atoms with van der Waals surface area (Å²) in [6.45, 7) is 7.94. The van der Waals surface area contributed by atoms with Gasteiger partial charge in [0, 0.05) is 38.1 Å². The number of aromatic nitrogens is 2. The molecule has 8 heteroatoms. The minimum absolute atomic E-state index is 0.00292. The molecule has 1 N–H and O–H groups in total. The maximum atomic E-state index is 13.6. The lowest BCUT2D eigenvalue weighted by atomic mass is 9.74. The van der Waals surface area contributed by atoms with Crippen molar-refractivity contribution < 1.29 is 13.5 Å². The van der Waals surface area contributed by atoms with Crippen LogP contribution in [0.2, 0.25) is 0 Å². The Kier molecular flexibility index (Phi) is 6.80. The lowest BCUT2D eigenvalue weighted by molar-refractivity contribution is -0.0554. The Morgan fingerprint density at radius 2 is 1.75 bits per heavy atom. The van der Waals surface area contributed by atoms with Crippen LogP contribution in [0.1, 0.15) is 41.3 Å². The molecule has 3 heterocycles. The second kappa shape index (κ2) is 9.74. The van der Waals surface area contributed by atoms with Crippen LogP contribution in [0.25, 0.3) is 11.1 Å². The van der Waals surface area contributed by atoms with Gasteiger partial charge < -0.3 is 9.67 Å². The summed E-state index contributed by atoms with van der Waals surface area (Å²) in [7, 11) is -1.92. The zero-order chi connectivity index (χ0) is 25.6. The molecule has 2 saturated heterocycles. The Balaban J connectivity index is 1.44. The van der Waals surface area contributed by atoms with Gasteiger partial charge in [0.25, 0.3) is 10.0 Å². The van der Waals surface area contributed by atoms with E-state index in [1.54, 1.807) is 15.9 Å². The fraction of sp³-hybridized carbons (Fsp3) is 0.464. The van der Waals surface area contributed by atoms with Gasteiger partial charge in [-0.15, -0.1) is 0 Å². The highest BCUT2D eigenvalue weighted by Crippen LogP contribution is 2.43. The van der Waals surface area contributed by atoms with Gasteiger partial charge in [-0.3, -0.25) is 4.90 Å². The first-order chi connectivity index (χ1) is 17.2. The molecule has 3 atom stereocenters. The van der Waals surface area contributed by atoms with Gasteiger partial charge in [-0.25, -0.2) is 13.4 Å². The summed E-state index contributed by atoms with van der Waals surface area (Å²) in [5, 5.41) is 10.5. The molecule has 7 nitrogen and oxygen atoms in total. The first kappa shape index (κ1) is 25.1. The lowest BCUT2D eigenvalue weighted by Crippen LogP contribution is -2.67. The van der Waals surface area contributed by atoms with Crippen molar-refractivity contribution in [1.82, 2.24) is 18.8 Å². The summed E-state index contributed by atoms with van der Waals surface area (Å²) in [4.78, 5) is 6.52. The predicted molar refractivity (Wildman–Crippen MR) is 141 cm³/mol. The molecular weight excluding hydrogens is 472 g/mol. The Morgan fingerprint density at radius 1 is 1.03 bits per heavy atom. The van der Waals surface area contributed by atoms with Crippen LogP contribution in [-0.2, 0) is 17.1 Å². The molecule has 0 bridgehead atoms. The van der Waals surface area contributed by atoms with E-state index < -0.39 is 10.0 Å². The minimum Gasteiger partial charge on any atom is -0.395 e. The number of aliphatic hydroxyl groups is 1. The van der Waals surface area contributed by atoms with Gasteiger partial charge in [0.05, 0.1) is 12.8 Å². The molecule has 2 aliphatic heterocycles. The van der Waals surface area contributed by atoms with Crippen LogP contribution in [0, 0.1) is 20.8 Å². The van der Waals surface area contributed by atoms with Crippen molar-refractivity contribution in [3.63, 3.8) is 0 Å². The van der Waals surface area contributed by atoms with Crippen molar-refractivity contribution in [3.05, 3.63) is 71.2 Å². The van der Waals surface area contributed by atoms with E-state index in [9.17, 15) is 13.5 Å². The zero-order valence-corrected chi connectivity index (χ0v) is 22.4. The predicted octanol–water partition coefficient (Wildman–Crippen LogP) is 3.63. The SMILES string of the molecule is Cc1cccc(-c2ccc([C@H]3C4CN(S(=O)(=O)c5cnc(C)n5C)CCCCN4[C@@H]3CO)cc2)c1C. The highest BCUT2D eigenvalue weighted by atomic mass is 32.2. The van der Waals surface area contributed by atoms with Crippen molar-refractivity contribution in [2.75, 3.05) is 26.2 Å². The number of aliphatic hydroxyl groups excluding tert-OH is 1. The zero-order valence-electron chi connectivity index (χ0n) is 21.6. The number of aryl methyl sites for hydroxylation is 2. The number of fused-ring (bicyclic) bond motifs is 1. The first-order valence-corrected chi connectivity index (χ1v) is 14.2. The Hall–Kier alpha value is -2.52. The van der Waals surface area contributed by atoms with Gasteiger partial charge in [-0.2, -0.15) is 4.31 Å². The Morgan fingerprint density at radius 3 is 2.42 bits per heavy atom. The number of hydrogen-bond donors (Lipinski definition) is 1. The van der Waals surface area contributed by atoms with Gasteiger partial charge in [-0.1, -0.05) is 42.5 Å². The molecule has 192 valence electrons. The molecule has 0 amide bonds.